The molecule has 2 N–H and O–H groups in total. The molecule has 0 bridgehead atoms. The SMILES string of the molecule is CC(C)(Cn1cc2c(c1)C(O)CCCC2)C(=O)O. The first-order valence-corrected chi connectivity index (χ1v) is 6.50. The average molecular weight is 251 g/mol. The quantitative estimate of drug-likeness (QED) is 0.811. The molecule has 0 fully saturated rings. The Balaban J connectivity index is 2.22. The van der Waals surface area contributed by atoms with E-state index in [1.165, 1.54) is 5.56 Å². The second-order valence-electron chi connectivity index (χ2n) is 5.86. The number of aliphatic hydroxyl groups excluding tert-OH is 1. The largest absolute Gasteiger partial charge is 0.481 e. The topological polar surface area (TPSA) is 62.5 Å². The van der Waals surface area contributed by atoms with Crippen molar-refractivity contribution >= 4 is 5.97 Å². The second-order valence-corrected chi connectivity index (χ2v) is 5.86. The Morgan fingerprint density at radius 3 is 2.83 bits per heavy atom. The molecule has 1 unspecified atom stereocenters. The number of carbonyl (C=O) groups is 1. The van der Waals surface area contributed by atoms with Crippen molar-refractivity contribution in [2.24, 2.45) is 5.41 Å². The lowest BCUT2D eigenvalue weighted by Gasteiger charge is -2.19. The van der Waals surface area contributed by atoms with Gasteiger partial charge < -0.3 is 14.8 Å². The fraction of sp³-hybridized carbons (Fsp3) is 0.643. The first-order chi connectivity index (χ1) is 8.40. The number of aliphatic hydroxyl groups is 1. The maximum absolute atomic E-state index is 11.1. The number of aromatic nitrogens is 1. The zero-order valence-corrected chi connectivity index (χ0v) is 11.0. The van der Waals surface area contributed by atoms with Crippen molar-refractivity contribution in [3.8, 4) is 0 Å². The number of carboxylic acids is 1. The number of carboxylic acid groups (broad SMARTS) is 1. The van der Waals surface area contributed by atoms with E-state index in [9.17, 15) is 9.90 Å². The van der Waals surface area contributed by atoms with Crippen molar-refractivity contribution in [2.45, 2.75) is 52.2 Å². The molecule has 0 amide bonds. The third-order valence-corrected chi connectivity index (χ3v) is 3.69. The number of aliphatic carboxylic acids is 1. The Kier molecular flexibility index (Phi) is 3.48. The molecule has 2 rings (SSSR count). The Hall–Kier alpha value is -1.29. The Morgan fingerprint density at radius 1 is 1.44 bits per heavy atom. The zero-order chi connectivity index (χ0) is 13.3. The van der Waals surface area contributed by atoms with Crippen molar-refractivity contribution in [2.75, 3.05) is 0 Å². The third kappa shape index (κ3) is 2.58. The molecular formula is C14H21NO3. The molecular weight excluding hydrogens is 230 g/mol. The van der Waals surface area contributed by atoms with E-state index in [-0.39, 0.29) is 0 Å². The van der Waals surface area contributed by atoms with Crippen molar-refractivity contribution in [1.82, 2.24) is 4.57 Å². The van der Waals surface area contributed by atoms with Gasteiger partial charge in [0.2, 0.25) is 0 Å². The summed E-state index contributed by atoms with van der Waals surface area (Å²) in [6.45, 7) is 3.87. The highest BCUT2D eigenvalue weighted by Crippen LogP contribution is 2.30. The maximum Gasteiger partial charge on any atom is 0.310 e. The molecule has 0 saturated heterocycles. The van der Waals surface area contributed by atoms with Gasteiger partial charge in [-0.1, -0.05) is 6.42 Å². The van der Waals surface area contributed by atoms with E-state index in [2.05, 4.69) is 0 Å². The molecule has 0 spiro atoms. The van der Waals surface area contributed by atoms with Crippen molar-refractivity contribution in [3.63, 3.8) is 0 Å². The molecule has 0 aromatic carbocycles. The van der Waals surface area contributed by atoms with Crippen LogP contribution in [0.25, 0.3) is 0 Å². The van der Waals surface area contributed by atoms with E-state index in [0.717, 1.165) is 31.2 Å². The van der Waals surface area contributed by atoms with Gasteiger partial charge in [0, 0.05) is 24.5 Å². The highest BCUT2D eigenvalue weighted by atomic mass is 16.4. The molecule has 4 heteroatoms. The lowest BCUT2D eigenvalue weighted by molar-refractivity contribution is -0.147. The van der Waals surface area contributed by atoms with Crippen LogP contribution in [-0.4, -0.2) is 20.7 Å². The Morgan fingerprint density at radius 2 is 2.17 bits per heavy atom. The van der Waals surface area contributed by atoms with Crippen LogP contribution < -0.4 is 0 Å². The molecule has 1 aliphatic rings. The molecule has 4 nitrogen and oxygen atoms in total. The van der Waals surface area contributed by atoms with Crippen molar-refractivity contribution in [1.29, 1.82) is 0 Å². The summed E-state index contributed by atoms with van der Waals surface area (Å²) in [7, 11) is 0. The van der Waals surface area contributed by atoms with Gasteiger partial charge in [0.25, 0.3) is 0 Å². The van der Waals surface area contributed by atoms with Gasteiger partial charge in [0.05, 0.1) is 11.5 Å². The minimum atomic E-state index is -0.799. The second kappa shape index (κ2) is 4.76. The van der Waals surface area contributed by atoms with Crippen molar-refractivity contribution < 1.29 is 15.0 Å². The molecule has 100 valence electrons. The fourth-order valence-corrected chi connectivity index (χ4v) is 2.51. The summed E-state index contributed by atoms with van der Waals surface area (Å²) in [5, 5.41) is 19.2. The minimum absolute atomic E-state index is 0.392. The molecule has 1 aliphatic carbocycles. The van der Waals surface area contributed by atoms with Crippen LogP contribution in [0.15, 0.2) is 12.4 Å². The highest BCUT2D eigenvalue weighted by molar-refractivity contribution is 5.73. The normalized spacial score (nSPS) is 20.3. The summed E-state index contributed by atoms with van der Waals surface area (Å²) in [4.78, 5) is 11.1. The summed E-state index contributed by atoms with van der Waals surface area (Å²) in [5.74, 6) is -0.799. The van der Waals surface area contributed by atoms with Crippen LogP contribution in [0.4, 0.5) is 0 Å². The van der Waals surface area contributed by atoms with Gasteiger partial charge in [0.15, 0.2) is 0 Å². The number of fused-ring (bicyclic) bond motifs is 1. The molecule has 18 heavy (non-hydrogen) atoms. The van der Waals surface area contributed by atoms with Gasteiger partial charge in [-0.15, -0.1) is 0 Å². The molecule has 1 atom stereocenters. The number of nitrogens with zero attached hydrogens (tertiary/aromatic N) is 1. The summed E-state index contributed by atoms with van der Waals surface area (Å²) in [6, 6.07) is 0. The zero-order valence-electron chi connectivity index (χ0n) is 11.0. The van der Waals surface area contributed by atoms with Crippen LogP contribution in [0.3, 0.4) is 0 Å². The van der Waals surface area contributed by atoms with Crippen LogP contribution in [0.2, 0.25) is 0 Å². The molecule has 1 heterocycles. The standard InChI is InChI=1S/C14H21NO3/c1-14(2,13(17)18)9-15-7-10-5-3-4-6-12(16)11(10)8-15/h7-8,12,16H,3-6,9H2,1-2H3,(H,17,18). The van der Waals surface area contributed by atoms with Crippen molar-refractivity contribution in [3.05, 3.63) is 23.5 Å². The molecule has 0 saturated carbocycles. The van der Waals surface area contributed by atoms with E-state index < -0.39 is 17.5 Å². The van der Waals surface area contributed by atoms with Gasteiger partial charge in [-0.3, -0.25) is 4.79 Å². The molecule has 1 aromatic heterocycles. The van der Waals surface area contributed by atoms with Crippen LogP contribution in [0.5, 0.6) is 0 Å². The average Bonchev–Trinajstić information content (AvgIpc) is 2.58. The lowest BCUT2D eigenvalue weighted by Crippen LogP contribution is -2.28. The first kappa shape index (κ1) is 13.1. The van der Waals surface area contributed by atoms with E-state index in [4.69, 9.17) is 5.11 Å². The van der Waals surface area contributed by atoms with E-state index >= 15 is 0 Å². The smallest absolute Gasteiger partial charge is 0.310 e. The highest BCUT2D eigenvalue weighted by Gasteiger charge is 2.28. The maximum atomic E-state index is 11.1. The van der Waals surface area contributed by atoms with Gasteiger partial charge in [-0.2, -0.15) is 0 Å². The summed E-state index contributed by atoms with van der Waals surface area (Å²) < 4.78 is 1.91. The number of hydrogen-bond acceptors (Lipinski definition) is 2. The van der Waals surface area contributed by atoms with E-state index in [0.29, 0.717) is 6.54 Å². The number of hydrogen-bond donors (Lipinski definition) is 2. The Labute approximate surface area is 107 Å². The molecule has 1 aromatic rings. The van der Waals surface area contributed by atoms with E-state index in [1.807, 2.05) is 17.0 Å². The summed E-state index contributed by atoms with van der Waals surface area (Å²) in [5.41, 5.74) is 1.36. The monoisotopic (exact) mass is 251 g/mol. The number of rotatable bonds is 3. The Bertz CT molecular complexity index is 448. The third-order valence-electron chi connectivity index (χ3n) is 3.69. The minimum Gasteiger partial charge on any atom is -0.481 e. The summed E-state index contributed by atoms with van der Waals surface area (Å²) in [6.07, 6.45) is 7.45. The van der Waals surface area contributed by atoms with Gasteiger partial charge in [-0.05, 0) is 38.7 Å². The number of aryl methyl sites for hydroxylation is 1. The van der Waals surface area contributed by atoms with Crippen LogP contribution in [0, 0.1) is 5.41 Å². The first-order valence-electron chi connectivity index (χ1n) is 6.50. The fourth-order valence-electron chi connectivity index (χ4n) is 2.51. The summed E-state index contributed by atoms with van der Waals surface area (Å²) >= 11 is 0. The molecule has 0 aliphatic heterocycles. The lowest BCUT2D eigenvalue weighted by atomic mass is 9.94. The predicted molar refractivity (Wildman–Crippen MR) is 68.4 cm³/mol. The van der Waals surface area contributed by atoms with Crippen LogP contribution >= 0.6 is 0 Å². The van der Waals surface area contributed by atoms with Gasteiger partial charge in [0.1, 0.15) is 0 Å². The van der Waals surface area contributed by atoms with E-state index in [1.54, 1.807) is 13.8 Å². The molecule has 0 radical (unpaired) electrons. The van der Waals surface area contributed by atoms with Gasteiger partial charge in [-0.25, -0.2) is 0 Å². The predicted octanol–water partition coefficient (Wildman–Crippen LogP) is 2.36. The van der Waals surface area contributed by atoms with Crippen LogP contribution in [-0.2, 0) is 17.8 Å². The van der Waals surface area contributed by atoms with Crippen LogP contribution in [0.1, 0.15) is 50.3 Å². The van der Waals surface area contributed by atoms with Gasteiger partial charge >= 0.3 is 5.97 Å².